The Morgan fingerprint density at radius 1 is 0.931 bits per heavy atom. The fraction of sp³-hybridized carbons (Fsp3) is 0.464. The molecule has 1 fully saturated rings. The SMILES string of the molecule is C=CCCCCc1ccc(C=Nc2ccc(C3CCC(CCC)CC3)cc2)cc1. The van der Waals surface area contributed by atoms with E-state index < -0.39 is 0 Å². The Kier molecular flexibility index (Phi) is 8.74. The molecule has 0 heterocycles. The van der Waals surface area contributed by atoms with Crippen molar-refractivity contribution < 1.29 is 0 Å². The third-order valence-corrected chi connectivity index (χ3v) is 6.37. The monoisotopic (exact) mass is 387 g/mol. The van der Waals surface area contributed by atoms with Crippen LogP contribution in [0.3, 0.4) is 0 Å². The van der Waals surface area contributed by atoms with E-state index in [2.05, 4.69) is 67.0 Å². The Morgan fingerprint density at radius 2 is 1.66 bits per heavy atom. The molecule has 0 unspecified atom stereocenters. The van der Waals surface area contributed by atoms with E-state index in [4.69, 9.17) is 0 Å². The third kappa shape index (κ3) is 6.99. The molecule has 0 atom stereocenters. The first-order valence-electron chi connectivity index (χ1n) is 11.6. The molecule has 2 aromatic carbocycles. The molecule has 1 aliphatic rings. The first kappa shape index (κ1) is 21.6. The van der Waals surface area contributed by atoms with Crippen LogP contribution in [-0.4, -0.2) is 6.21 Å². The van der Waals surface area contributed by atoms with Crippen molar-refractivity contribution in [2.75, 3.05) is 0 Å². The molecule has 0 N–H and O–H groups in total. The van der Waals surface area contributed by atoms with E-state index in [9.17, 15) is 0 Å². The van der Waals surface area contributed by atoms with E-state index in [0.29, 0.717) is 0 Å². The number of benzene rings is 2. The van der Waals surface area contributed by atoms with Crippen LogP contribution in [0.15, 0.2) is 66.2 Å². The lowest BCUT2D eigenvalue weighted by molar-refractivity contribution is 0.308. The summed E-state index contributed by atoms with van der Waals surface area (Å²) in [7, 11) is 0. The van der Waals surface area contributed by atoms with Crippen LogP contribution < -0.4 is 0 Å². The van der Waals surface area contributed by atoms with Gasteiger partial charge in [0.25, 0.3) is 0 Å². The summed E-state index contributed by atoms with van der Waals surface area (Å²) in [6.07, 6.45) is 17.0. The van der Waals surface area contributed by atoms with Crippen molar-refractivity contribution in [1.29, 1.82) is 0 Å². The van der Waals surface area contributed by atoms with Gasteiger partial charge in [0.2, 0.25) is 0 Å². The van der Waals surface area contributed by atoms with Crippen LogP contribution in [0.1, 0.15) is 87.3 Å². The van der Waals surface area contributed by atoms with E-state index in [1.165, 1.54) is 62.5 Å². The van der Waals surface area contributed by atoms with Gasteiger partial charge in [-0.15, -0.1) is 6.58 Å². The van der Waals surface area contributed by atoms with Crippen LogP contribution in [0.5, 0.6) is 0 Å². The lowest BCUT2D eigenvalue weighted by Gasteiger charge is -2.28. The largest absolute Gasteiger partial charge is 0.256 e. The van der Waals surface area contributed by atoms with Gasteiger partial charge >= 0.3 is 0 Å². The Morgan fingerprint density at radius 3 is 2.31 bits per heavy atom. The number of aliphatic imine (C=N–C) groups is 1. The summed E-state index contributed by atoms with van der Waals surface area (Å²) < 4.78 is 0. The minimum Gasteiger partial charge on any atom is -0.256 e. The summed E-state index contributed by atoms with van der Waals surface area (Å²) in [5.74, 6) is 1.72. The molecule has 1 heteroatoms. The van der Waals surface area contributed by atoms with Crippen LogP contribution in [0, 0.1) is 5.92 Å². The average molecular weight is 388 g/mol. The molecule has 0 saturated heterocycles. The maximum absolute atomic E-state index is 4.68. The second-order valence-electron chi connectivity index (χ2n) is 8.63. The van der Waals surface area contributed by atoms with Gasteiger partial charge in [-0.25, -0.2) is 0 Å². The molecule has 154 valence electrons. The molecular formula is C28H37N. The predicted octanol–water partition coefficient (Wildman–Crippen LogP) is 8.41. The normalized spacial score (nSPS) is 19.5. The predicted molar refractivity (Wildman–Crippen MR) is 127 cm³/mol. The van der Waals surface area contributed by atoms with E-state index in [-0.39, 0.29) is 0 Å². The molecule has 0 spiro atoms. The van der Waals surface area contributed by atoms with Gasteiger partial charge in [0.05, 0.1) is 5.69 Å². The van der Waals surface area contributed by atoms with Gasteiger partial charge in [-0.1, -0.05) is 62.2 Å². The lowest BCUT2D eigenvalue weighted by atomic mass is 9.77. The lowest BCUT2D eigenvalue weighted by Crippen LogP contribution is -2.13. The van der Waals surface area contributed by atoms with Crippen molar-refractivity contribution >= 4 is 11.9 Å². The fourth-order valence-corrected chi connectivity index (χ4v) is 4.56. The zero-order valence-corrected chi connectivity index (χ0v) is 18.2. The van der Waals surface area contributed by atoms with Gasteiger partial charge in [0, 0.05) is 6.21 Å². The molecule has 0 bridgehead atoms. The number of hydrogen-bond donors (Lipinski definition) is 0. The molecule has 0 radical (unpaired) electrons. The molecular weight excluding hydrogens is 350 g/mol. The van der Waals surface area contributed by atoms with Crippen LogP contribution >= 0.6 is 0 Å². The Hall–Kier alpha value is -2.15. The molecule has 0 amide bonds. The Labute approximate surface area is 178 Å². The zero-order chi connectivity index (χ0) is 20.3. The smallest absolute Gasteiger partial charge is 0.0630 e. The second-order valence-corrected chi connectivity index (χ2v) is 8.63. The molecule has 0 aliphatic heterocycles. The number of rotatable bonds is 10. The van der Waals surface area contributed by atoms with Gasteiger partial charge in [-0.2, -0.15) is 0 Å². The van der Waals surface area contributed by atoms with Crippen molar-refractivity contribution in [2.45, 2.75) is 77.0 Å². The fourth-order valence-electron chi connectivity index (χ4n) is 4.56. The van der Waals surface area contributed by atoms with Gasteiger partial charge in [-0.3, -0.25) is 4.99 Å². The minimum atomic E-state index is 0.750. The maximum atomic E-state index is 4.68. The molecule has 2 aromatic rings. The summed E-state index contributed by atoms with van der Waals surface area (Å²) in [5.41, 5.74) is 5.11. The van der Waals surface area contributed by atoms with Crippen LogP contribution in [0.4, 0.5) is 5.69 Å². The Balaban J connectivity index is 1.49. The number of nitrogens with zero attached hydrogens (tertiary/aromatic N) is 1. The molecule has 29 heavy (non-hydrogen) atoms. The van der Waals surface area contributed by atoms with E-state index >= 15 is 0 Å². The van der Waals surface area contributed by atoms with Crippen molar-refractivity contribution in [3.05, 3.63) is 77.9 Å². The summed E-state index contributed by atoms with van der Waals surface area (Å²) in [6.45, 7) is 6.10. The van der Waals surface area contributed by atoms with Crippen LogP contribution in [0.2, 0.25) is 0 Å². The summed E-state index contributed by atoms with van der Waals surface area (Å²) in [6, 6.07) is 17.8. The molecule has 1 aliphatic carbocycles. The minimum absolute atomic E-state index is 0.750. The first-order valence-corrected chi connectivity index (χ1v) is 11.6. The maximum Gasteiger partial charge on any atom is 0.0630 e. The highest BCUT2D eigenvalue weighted by atomic mass is 14.7. The van der Waals surface area contributed by atoms with Crippen LogP contribution in [-0.2, 0) is 6.42 Å². The van der Waals surface area contributed by atoms with Gasteiger partial charge in [0.1, 0.15) is 0 Å². The van der Waals surface area contributed by atoms with Crippen molar-refractivity contribution in [3.63, 3.8) is 0 Å². The van der Waals surface area contributed by atoms with Gasteiger partial charge in [0.15, 0.2) is 0 Å². The first-order chi connectivity index (χ1) is 14.3. The second kappa shape index (κ2) is 11.8. The number of allylic oxidation sites excluding steroid dienone is 1. The van der Waals surface area contributed by atoms with Crippen molar-refractivity contribution in [2.24, 2.45) is 10.9 Å². The summed E-state index contributed by atoms with van der Waals surface area (Å²) in [4.78, 5) is 4.68. The number of unbranched alkanes of at least 4 members (excludes halogenated alkanes) is 2. The molecule has 3 rings (SSSR count). The number of hydrogen-bond acceptors (Lipinski definition) is 1. The average Bonchev–Trinajstić information content (AvgIpc) is 2.77. The topological polar surface area (TPSA) is 12.4 Å². The summed E-state index contributed by atoms with van der Waals surface area (Å²) in [5, 5.41) is 0. The number of aryl methyl sites for hydroxylation is 1. The Bertz CT molecular complexity index is 746. The standard InChI is InChI=1S/C28H37N/c1-3-5-6-7-9-24-10-12-25(13-11-24)22-29-28-20-18-27(19-21-28)26-16-14-23(8-4-2)15-17-26/h3,10-13,18-23,26H,1,4-9,14-17H2,2H3. The highest BCUT2D eigenvalue weighted by Gasteiger charge is 2.21. The molecule has 0 aromatic heterocycles. The molecule has 1 nitrogen and oxygen atoms in total. The van der Waals surface area contributed by atoms with E-state index in [1.54, 1.807) is 0 Å². The van der Waals surface area contributed by atoms with Crippen LogP contribution in [0.25, 0.3) is 0 Å². The van der Waals surface area contributed by atoms with Gasteiger partial charge < -0.3 is 0 Å². The summed E-state index contributed by atoms with van der Waals surface area (Å²) >= 11 is 0. The van der Waals surface area contributed by atoms with Crippen molar-refractivity contribution in [3.8, 4) is 0 Å². The highest BCUT2D eigenvalue weighted by molar-refractivity contribution is 5.81. The van der Waals surface area contributed by atoms with E-state index in [0.717, 1.165) is 35.9 Å². The molecule has 1 saturated carbocycles. The highest BCUT2D eigenvalue weighted by Crippen LogP contribution is 2.37. The third-order valence-electron chi connectivity index (χ3n) is 6.37. The van der Waals surface area contributed by atoms with Crippen molar-refractivity contribution in [1.82, 2.24) is 0 Å². The quantitative estimate of drug-likeness (QED) is 0.220. The van der Waals surface area contributed by atoms with E-state index in [1.807, 2.05) is 12.3 Å². The zero-order valence-electron chi connectivity index (χ0n) is 18.2. The van der Waals surface area contributed by atoms with Gasteiger partial charge in [-0.05, 0) is 92.0 Å².